The van der Waals surface area contributed by atoms with Gasteiger partial charge >= 0.3 is 0 Å². The number of rotatable bonds is 5. The van der Waals surface area contributed by atoms with Crippen LogP contribution in [0.2, 0.25) is 5.02 Å². The Kier molecular flexibility index (Phi) is 4.46. The molecule has 0 bridgehead atoms. The van der Waals surface area contributed by atoms with Gasteiger partial charge in [0.05, 0.1) is 24.2 Å². The minimum Gasteiger partial charge on any atom is -0.234 e. The lowest BCUT2D eigenvalue weighted by atomic mass is 10.5. The molecule has 112 valence electrons. The second kappa shape index (κ2) is 5.97. The Balaban J connectivity index is 2.47. The SMILES string of the molecule is CCN(CCC#N)S(=O)(=O)c1cnc2c(Cl)c(C)nn2c1. The average molecular weight is 328 g/mol. The number of fused-ring (bicyclic) bond motifs is 1. The number of halogens is 1. The molecule has 2 aromatic rings. The monoisotopic (exact) mass is 327 g/mol. The smallest absolute Gasteiger partial charge is 0.234 e. The van der Waals surface area contributed by atoms with Crippen LogP contribution in [0.5, 0.6) is 0 Å². The van der Waals surface area contributed by atoms with Crippen molar-refractivity contribution in [1.29, 1.82) is 5.26 Å². The summed E-state index contributed by atoms with van der Waals surface area (Å²) in [6.07, 6.45) is 2.77. The number of aryl methyl sites for hydroxylation is 1. The molecule has 0 saturated carbocycles. The van der Waals surface area contributed by atoms with Crippen LogP contribution in [-0.4, -0.2) is 40.4 Å². The van der Waals surface area contributed by atoms with Crippen molar-refractivity contribution in [2.75, 3.05) is 13.1 Å². The topological polar surface area (TPSA) is 91.4 Å². The van der Waals surface area contributed by atoms with Crippen molar-refractivity contribution < 1.29 is 8.42 Å². The molecule has 0 unspecified atom stereocenters. The average Bonchev–Trinajstić information content (AvgIpc) is 2.74. The second-order valence-electron chi connectivity index (χ2n) is 4.36. The van der Waals surface area contributed by atoms with Crippen LogP contribution in [0.1, 0.15) is 19.0 Å². The highest BCUT2D eigenvalue weighted by Crippen LogP contribution is 2.21. The first-order valence-corrected chi connectivity index (χ1v) is 8.11. The van der Waals surface area contributed by atoms with Gasteiger partial charge in [0.25, 0.3) is 0 Å². The third kappa shape index (κ3) is 2.85. The molecular formula is C12H14ClN5O2S. The molecule has 0 saturated heterocycles. The van der Waals surface area contributed by atoms with E-state index in [1.165, 1.54) is 21.2 Å². The summed E-state index contributed by atoms with van der Waals surface area (Å²) in [6.45, 7) is 3.86. The van der Waals surface area contributed by atoms with E-state index in [0.717, 1.165) is 0 Å². The molecule has 0 fully saturated rings. The number of nitriles is 1. The van der Waals surface area contributed by atoms with Crippen LogP contribution in [-0.2, 0) is 10.0 Å². The van der Waals surface area contributed by atoms with Crippen molar-refractivity contribution in [1.82, 2.24) is 18.9 Å². The van der Waals surface area contributed by atoms with Crippen molar-refractivity contribution in [2.45, 2.75) is 25.2 Å². The Morgan fingerprint density at radius 1 is 1.52 bits per heavy atom. The molecule has 0 aliphatic carbocycles. The Morgan fingerprint density at radius 3 is 2.86 bits per heavy atom. The summed E-state index contributed by atoms with van der Waals surface area (Å²) in [5, 5.41) is 13.1. The van der Waals surface area contributed by atoms with E-state index in [4.69, 9.17) is 16.9 Å². The van der Waals surface area contributed by atoms with Gasteiger partial charge in [-0.15, -0.1) is 0 Å². The van der Waals surface area contributed by atoms with Gasteiger partial charge in [-0.1, -0.05) is 18.5 Å². The zero-order valence-corrected chi connectivity index (χ0v) is 13.2. The van der Waals surface area contributed by atoms with Crippen molar-refractivity contribution in [3.8, 4) is 6.07 Å². The number of hydrogen-bond donors (Lipinski definition) is 0. The maximum absolute atomic E-state index is 12.5. The van der Waals surface area contributed by atoms with Crippen LogP contribution in [0.3, 0.4) is 0 Å². The Morgan fingerprint density at radius 2 is 2.24 bits per heavy atom. The van der Waals surface area contributed by atoms with Gasteiger partial charge in [0, 0.05) is 19.5 Å². The zero-order valence-electron chi connectivity index (χ0n) is 11.6. The Bertz CT molecular complexity index is 809. The summed E-state index contributed by atoms with van der Waals surface area (Å²) in [6, 6.07) is 1.94. The van der Waals surface area contributed by atoms with Crippen LogP contribution in [0.4, 0.5) is 0 Å². The van der Waals surface area contributed by atoms with E-state index < -0.39 is 10.0 Å². The fourth-order valence-electron chi connectivity index (χ4n) is 1.90. The molecule has 0 spiro atoms. The van der Waals surface area contributed by atoms with E-state index in [2.05, 4.69) is 10.1 Å². The molecule has 0 atom stereocenters. The number of hydrogen-bond acceptors (Lipinski definition) is 5. The summed E-state index contributed by atoms with van der Waals surface area (Å²) in [4.78, 5) is 4.08. The molecular weight excluding hydrogens is 314 g/mol. The highest BCUT2D eigenvalue weighted by Gasteiger charge is 2.24. The van der Waals surface area contributed by atoms with E-state index in [1.807, 2.05) is 6.07 Å². The van der Waals surface area contributed by atoms with Gasteiger partial charge in [0.1, 0.15) is 9.92 Å². The molecule has 7 nitrogen and oxygen atoms in total. The number of nitrogens with zero attached hydrogens (tertiary/aromatic N) is 5. The molecule has 0 aromatic carbocycles. The summed E-state index contributed by atoms with van der Waals surface area (Å²) in [7, 11) is -3.70. The van der Waals surface area contributed by atoms with Crippen molar-refractivity contribution >= 4 is 27.3 Å². The molecule has 21 heavy (non-hydrogen) atoms. The minimum absolute atomic E-state index is 0.0222. The fourth-order valence-corrected chi connectivity index (χ4v) is 3.47. The summed E-state index contributed by atoms with van der Waals surface area (Å²) < 4.78 is 27.6. The molecule has 0 amide bonds. The largest absolute Gasteiger partial charge is 0.246 e. The third-order valence-electron chi connectivity index (χ3n) is 3.02. The zero-order chi connectivity index (χ0) is 15.6. The van der Waals surface area contributed by atoms with Crippen molar-refractivity contribution in [3.05, 3.63) is 23.1 Å². The first-order valence-electron chi connectivity index (χ1n) is 6.29. The lowest BCUT2D eigenvalue weighted by Crippen LogP contribution is -2.32. The summed E-state index contributed by atoms with van der Waals surface area (Å²) in [5.41, 5.74) is 0.990. The first kappa shape index (κ1) is 15.7. The summed E-state index contributed by atoms with van der Waals surface area (Å²) >= 11 is 6.02. The van der Waals surface area contributed by atoms with E-state index >= 15 is 0 Å². The van der Waals surface area contributed by atoms with Gasteiger partial charge < -0.3 is 0 Å². The maximum Gasteiger partial charge on any atom is 0.246 e. The Hall–Kier alpha value is -1.69. The van der Waals surface area contributed by atoms with E-state index in [9.17, 15) is 8.42 Å². The van der Waals surface area contributed by atoms with Gasteiger partial charge in [-0.25, -0.2) is 17.9 Å². The van der Waals surface area contributed by atoms with E-state index in [1.54, 1.807) is 13.8 Å². The van der Waals surface area contributed by atoms with Crippen molar-refractivity contribution in [2.24, 2.45) is 0 Å². The van der Waals surface area contributed by atoms with Crippen LogP contribution >= 0.6 is 11.6 Å². The third-order valence-corrected chi connectivity index (χ3v) is 5.39. The maximum atomic E-state index is 12.5. The molecule has 2 aromatic heterocycles. The predicted octanol–water partition coefficient (Wildman–Crippen LogP) is 1.62. The normalized spacial score (nSPS) is 12.0. The fraction of sp³-hybridized carbons (Fsp3) is 0.417. The van der Waals surface area contributed by atoms with E-state index in [0.29, 0.717) is 16.4 Å². The van der Waals surface area contributed by atoms with Crippen LogP contribution in [0.15, 0.2) is 17.3 Å². The lowest BCUT2D eigenvalue weighted by Gasteiger charge is -2.18. The standard InChI is InChI=1S/C12H14ClN5O2S/c1-3-17(6-4-5-14)21(19,20)10-7-15-12-11(13)9(2)16-18(12)8-10/h7-8H,3-4,6H2,1-2H3. The highest BCUT2D eigenvalue weighted by molar-refractivity contribution is 7.89. The molecule has 2 heterocycles. The number of aromatic nitrogens is 3. The Labute approximate surface area is 127 Å². The molecule has 9 heteroatoms. The highest BCUT2D eigenvalue weighted by atomic mass is 35.5. The quantitative estimate of drug-likeness (QED) is 0.832. The predicted molar refractivity (Wildman–Crippen MR) is 77.4 cm³/mol. The molecule has 0 N–H and O–H groups in total. The van der Waals surface area contributed by atoms with Gasteiger partial charge in [-0.05, 0) is 6.92 Å². The van der Waals surface area contributed by atoms with Crippen LogP contribution < -0.4 is 0 Å². The van der Waals surface area contributed by atoms with Gasteiger partial charge in [-0.2, -0.15) is 14.7 Å². The number of sulfonamides is 1. The molecule has 0 aliphatic rings. The lowest BCUT2D eigenvalue weighted by molar-refractivity contribution is 0.434. The van der Waals surface area contributed by atoms with Gasteiger partial charge in [0.15, 0.2) is 5.65 Å². The summed E-state index contributed by atoms with van der Waals surface area (Å²) in [5.74, 6) is 0. The molecule has 0 radical (unpaired) electrons. The molecule has 0 aliphatic heterocycles. The van der Waals surface area contributed by atoms with Gasteiger partial charge in [0.2, 0.25) is 10.0 Å². The second-order valence-corrected chi connectivity index (χ2v) is 6.68. The first-order chi connectivity index (χ1) is 9.91. The van der Waals surface area contributed by atoms with Crippen molar-refractivity contribution in [3.63, 3.8) is 0 Å². The minimum atomic E-state index is -3.70. The molecule has 2 rings (SSSR count). The van der Waals surface area contributed by atoms with Crippen LogP contribution in [0, 0.1) is 18.3 Å². The van der Waals surface area contributed by atoms with Gasteiger partial charge in [-0.3, -0.25) is 0 Å². The van der Waals surface area contributed by atoms with E-state index in [-0.39, 0.29) is 24.4 Å². The van der Waals surface area contributed by atoms with Crippen LogP contribution in [0.25, 0.3) is 5.65 Å².